The molecule has 148 valence electrons. The van der Waals surface area contributed by atoms with Crippen LogP contribution in [0.15, 0.2) is 71.2 Å². The zero-order chi connectivity index (χ0) is 20.8. The molecule has 3 rings (SSSR count). The number of carbonyl (C=O) groups is 1. The second-order valence-corrected chi connectivity index (χ2v) is 7.47. The van der Waals surface area contributed by atoms with Crippen molar-refractivity contribution in [2.24, 2.45) is 0 Å². The Bertz CT molecular complexity index is 1070. The van der Waals surface area contributed by atoms with Gasteiger partial charge in [-0.15, -0.1) is 0 Å². The minimum absolute atomic E-state index is 0.0991. The van der Waals surface area contributed by atoms with Crippen molar-refractivity contribution in [2.75, 3.05) is 7.11 Å². The Balaban J connectivity index is 1.76. The molecular formula is C23H17BrClFO3. The molecule has 0 aromatic heterocycles. The van der Waals surface area contributed by atoms with Crippen LogP contribution in [-0.4, -0.2) is 12.9 Å². The Kier molecular flexibility index (Phi) is 7.07. The van der Waals surface area contributed by atoms with Gasteiger partial charge in [-0.05, 0) is 54.1 Å². The molecule has 29 heavy (non-hydrogen) atoms. The summed E-state index contributed by atoms with van der Waals surface area (Å²) < 4.78 is 25.1. The minimum atomic E-state index is -0.429. The smallest absolute Gasteiger partial charge is 0.185 e. The van der Waals surface area contributed by atoms with E-state index in [2.05, 4.69) is 15.9 Å². The van der Waals surface area contributed by atoms with Crippen LogP contribution in [0.25, 0.3) is 6.08 Å². The van der Waals surface area contributed by atoms with Crippen LogP contribution in [0.1, 0.15) is 21.5 Å². The van der Waals surface area contributed by atoms with Gasteiger partial charge >= 0.3 is 0 Å². The van der Waals surface area contributed by atoms with E-state index < -0.39 is 5.82 Å². The van der Waals surface area contributed by atoms with Crippen molar-refractivity contribution < 1.29 is 18.7 Å². The Labute approximate surface area is 181 Å². The highest BCUT2D eigenvalue weighted by molar-refractivity contribution is 9.10. The van der Waals surface area contributed by atoms with Crippen molar-refractivity contribution >= 4 is 39.4 Å². The molecule has 0 amide bonds. The van der Waals surface area contributed by atoms with Crippen molar-refractivity contribution in [3.05, 3.63) is 98.7 Å². The third-order valence-electron chi connectivity index (χ3n) is 4.12. The molecule has 0 spiro atoms. The van der Waals surface area contributed by atoms with Crippen LogP contribution in [0, 0.1) is 5.82 Å². The van der Waals surface area contributed by atoms with Crippen LogP contribution in [0.3, 0.4) is 0 Å². The van der Waals surface area contributed by atoms with E-state index in [0.717, 1.165) is 15.6 Å². The number of carbonyl (C=O) groups excluding carboxylic acids is 1. The average molecular weight is 476 g/mol. The summed E-state index contributed by atoms with van der Waals surface area (Å²) in [5.74, 6) is 0.486. The normalized spacial score (nSPS) is 10.9. The Morgan fingerprint density at radius 1 is 1.10 bits per heavy atom. The van der Waals surface area contributed by atoms with E-state index in [1.165, 1.54) is 24.3 Å². The number of rotatable bonds is 7. The van der Waals surface area contributed by atoms with Crippen molar-refractivity contribution in [2.45, 2.75) is 6.61 Å². The minimum Gasteiger partial charge on any atom is -0.496 e. The lowest BCUT2D eigenvalue weighted by Crippen LogP contribution is -2.00. The largest absolute Gasteiger partial charge is 0.496 e. The van der Waals surface area contributed by atoms with Crippen molar-refractivity contribution in [1.82, 2.24) is 0 Å². The number of hydrogen-bond donors (Lipinski definition) is 0. The van der Waals surface area contributed by atoms with Crippen LogP contribution >= 0.6 is 27.5 Å². The van der Waals surface area contributed by atoms with Crippen LogP contribution in [0.2, 0.25) is 5.02 Å². The summed E-state index contributed by atoms with van der Waals surface area (Å²) >= 11 is 9.37. The van der Waals surface area contributed by atoms with E-state index in [9.17, 15) is 9.18 Å². The molecule has 3 aromatic rings. The molecule has 6 heteroatoms. The number of halogens is 3. The molecular weight excluding hydrogens is 459 g/mol. The molecule has 0 unspecified atom stereocenters. The van der Waals surface area contributed by atoms with Gasteiger partial charge in [0, 0.05) is 15.6 Å². The van der Waals surface area contributed by atoms with Gasteiger partial charge < -0.3 is 9.47 Å². The van der Waals surface area contributed by atoms with Crippen molar-refractivity contribution in [1.29, 1.82) is 0 Å². The van der Waals surface area contributed by atoms with Gasteiger partial charge in [0.2, 0.25) is 0 Å². The SMILES string of the molecule is COc1ccc(/C=C/C(=O)c2cccc(Br)c2)cc1COc1ccc(F)cc1Cl. The molecule has 0 aliphatic carbocycles. The molecule has 0 heterocycles. The summed E-state index contributed by atoms with van der Waals surface area (Å²) in [6.07, 6.45) is 3.25. The van der Waals surface area contributed by atoms with Gasteiger partial charge in [0.05, 0.1) is 12.1 Å². The summed E-state index contributed by atoms with van der Waals surface area (Å²) in [5.41, 5.74) is 2.18. The summed E-state index contributed by atoms with van der Waals surface area (Å²) in [6, 6.07) is 16.7. The first-order valence-electron chi connectivity index (χ1n) is 8.69. The lowest BCUT2D eigenvalue weighted by Gasteiger charge is -2.12. The van der Waals surface area contributed by atoms with Gasteiger partial charge in [-0.3, -0.25) is 4.79 Å². The molecule has 0 fully saturated rings. The first kappa shape index (κ1) is 21.1. The van der Waals surface area contributed by atoms with Gasteiger partial charge in [-0.25, -0.2) is 4.39 Å². The molecule has 0 saturated carbocycles. The van der Waals surface area contributed by atoms with Gasteiger partial charge in [-0.2, -0.15) is 0 Å². The molecule has 3 nitrogen and oxygen atoms in total. The van der Waals surface area contributed by atoms with Crippen molar-refractivity contribution in [3.63, 3.8) is 0 Å². The van der Waals surface area contributed by atoms with Crippen LogP contribution in [0.4, 0.5) is 4.39 Å². The molecule has 0 radical (unpaired) electrons. The monoisotopic (exact) mass is 474 g/mol. The molecule has 0 atom stereocenters. The summed E-state index contributed by atoms with van der Waals surface area (Å²) in [4.78, 5) is 12.4. The van der Waals surface area contributed by atoms with Gasteiger partial charge in [0.1, 0.15) is 23.9 Å². The predicted molar refractivity (Wildman–Crippen MR) is 116 cm³/mol. The highest BCUT2D eigenvalue weighted by Crippen LogP contribution is 2.28. The van der Waals surface area contributed by atoms with Crippen LogP contribution < -0.4 is 9.47 Å². The first-order chi connectivity index (χ1) is 14.0. The van der Waals surface area contributed by atoms with Gasteiger partial charge in [0.15, 0.2) is 5.78 Å². The Hall–Kier alpha value is -2.63. The highest BCUT2D eigenvalue weighted by Gasteiger charge is 2.08. The van der Waals surface area contributed by atoms with E-state index in [0.29, 0.717) is 17.1 Å². The average Bonchev–Trinajstić information content (AvgIpc) is 2.71. The second kappa shape index (κ2) is 9.72. The number of ketones is 1. The van der Waals surface area contributed by atoms with Gasteiger partial charge in [0.25, 0.3) is 0 Å². The maximum absolute atomic E-state index is 13.2. The Morgan fingerprint density at radius 3 is 2.62 bits per heavy atom. The van der Waals surface area contributed by atoms with E-state index in [1.807, 2.05) is 24.3 Å². The Morgan fingerprint density at radius 2 is 1.90 bits per heavy atom. The third-order valence-corrected chi connectivity index (χ3v) is 4.91. The number of benzene rings is 3. The maximum Gasteiger partial charge on any atom is 0.185 e. The molecule has 0 saturated heterocycles. The molecule has 0 bridgehead atoms. The van der Waals surface area contributed by atoms with Crippen LogP contribution in [0.5, 0.6) is 11.5 Å². The molecule has 0 aliphatic heterocycles. The predicted octanol–water partition coefficient (Wildman–Crippen LogP) is 6.73. The zero-order valence-electron chi connectivity index (χ0n) is 15.5. The number of hydrogen-bond acceptors (Lipinski definition) is 3. The molecule has 0 aliphatic rings. The topological polar surface area (TPSA) is 35.5 Å². The first-order valence-corrected chi connectivity index (χ1v) is 9.86. The lowest BCUT2D eigenvalue weighted by molar-refractivity contribution is 0.104. The summed E-state index contributed by atoms with van der Waals surface area (Å²) in [5, 5.41) is 0.194. The van der Waals surface area contributed by atoms with Crippen LogP contribution in [-0.2, 0) is 6.61 Å². The van der Waals surface area contributed by atoms with E-state index in [1.54, 1.807) is 31.4 Å². The fourth-order valence-electron chi connectivity index (χ4n) is 2.67. The number of methoxy groups -OCH3 is 1. The maximum atomic E-state index is 13.2. The quantitative estimate of drug-likeness (QED) is 0.281. The highest BCUT2D eigenvalue weighted by atomic mass is 79.9. The third kappa shape index (κ3) is 5.68. The fourth-order valence-corrected chi connectivity index (χ4v) is 3.29. The molecule has 3 aromatic carbocycles. The second-order valence-electron chi connectivity index (χ2n) is 6.14. The lowest BCUT2D eigenvalue weighted by atomic mass is 10.1. The number of ether oxygens (including phenoxy) is 2. The van der Waals surface area contributed by atoms with E-state index >= 15 is 0 Å². The van der Waals surface area contributed by atoms with Crippen molar-refractivity contribution in [3.8, 4) is 11.5 Å². The van der Waals surface area contributed by atoms with Gasteiger partial charge in [-0.1, -0.05) is 51.8 Å². The van der Waals surface area contributed by atoms with E-state index in [4.69, 9.17) is 21.1 Å². The van der Waals surface area contributed by atoms with E-state index in [-0.39, 0.29) is 17.4 Å². The number of allylic oxidation sites excluding steroid dienone is 1. The standard InChI is InChI=1S/C23H17BrClFO3/c1-28-22-9-6-15(5-8-21(27)16-3-2-4-18(24)12-16)11-17(22)14-29-23-10-7-19(26)13-20(23)25/h2-13H,14H2,1H3/b8-5+. The zero-order valence-corrected chi connectivity index (χ0v) is 17.8. The molecule has 0 N–H and O–H groups in total. The summed E-state index contributed by atoms with van der Waals surface area (Å²) in [7, 11) is 1.57. The summed E-state index contributed by atoms with van der Waals surface area (Å²) in [6.45, 7) is 0.176. The fraction of sp³-hybridized carbons (Fsp3) is 0.0870.